The second-order valence-electron chi connectivity index (χ2n) is 4.62. The highest BCUT2D eigenvalue weighted by Gasteiger charge is 2.35. The van der Waals surface area contributed by atoms with Crippen molar-refractivity contribution in [1.29, 1.82) is 5.26 Å². The Morgan fingerprint density at radius 1 is 1.32 bits per heavy atom. The van der Waals surface area contributed by atoms with E-state index in [0.717, 1.165) is 0 Å². The second-order valence-corrected chi connectivity index (χ2v) is 6.74. The molecular weight excluding hydrogens is 266 g/mol. The normalized spacial score (nSPS) is 12.9. The van der Waals surface area contributed by atoms with Crippen molar-refractivity contribution in [3.63, 3.8) is 0 Å². The van der Waals surface area contributed by atoms with Gasteiger partial charge in [0.2, 0.25) is 0 Å². The van der Waals surface area contributed by atoms with Crippen molar-refractivity contribution < 1.29 is 18.3 Å². The summed E-state index contributed by atoms with van der Waals surface area (Å²) in [6, 6.07) is 8.00. The van der Waals surface area contributed by atoms with Crippen LogP contribution >= 0.6 is 0 Å². The van der Waals surface area contributed by atoms with Crippen LogP contribution in [-0.4, -0.2) is 24.7 Å². The molecule has 6 heteroatoms. The Hall–Kier alpha value is -1.87. The number of nitrogens with zero attached hydrogens (tertiary/aromatic N) is 1. The molecule has 1 rings (SSSR count). The molecule has 0 aliphatic heterocycles. The van der Waals surface area contributed by atoms with Gasteiger partial charge in [-0.2, -0.15) is 5.26 Å². The van der Waals surface area contributed by atoms with Crippen LogP contribution in [0.25, 0.3) is 0 Å². The molecule has 0 saturated carbocycles. The van der Waals surface area contributed by atoms with Crippen molar-refractivity contribution >= 4 is 15.8 Å². The van der Waals surface area contributed by atoms with Crippen LogP contribution < -0.4 is 0 Å². The van der Waals surface area contributed by atoms with Crippen molar-refractivity contribution in [2.45, 2.75) is 24.9 Å². The summed E-state index contributed by atoms with van der Waals surface area (Å²) in [6.45, 7) is 3.13. The molecule has 5 nitrogen and oxygen atoms in total. The molecule has 1 N–H and O–H groups in total. The number of benzene rings is 1. The molecule has 1 aromatic carbocycles. The van der Waals surface area contributed by atoms with E-state index in [-0.39, 0.29) is 5.75 Å². The fourth-order valence-electron chi connectivity index (χ4n) is 1.85. The number of nitriles is 1. The number of carbonyl (C=O) groups is 1. The Bertz CT molecular complexity index is 597. The number of hydrogen-bond donors (Lipinski definition) is 1. The monoisotopic (exact) mass is 281 g/mol. The maximum Gasteiger partial charge on any atom is 0.322 e. The summed E-state index contributed by atoms with van der Waals surface area (Å²) >= 11 is 0. The molecule has 0 aliphatic rings. The minimum absolute atomic E-state index is 0.339. The molecular formula is C13H15NO4S. The molecule has 1 unspecified atom stereocenters. The summed E-state index contributed by atoms with van der Waals surface area (Å²) in [5.41, 5.74) is 0.908. The standard InChI is InChI=1S/C13H15NO4S/c1-9(2)12(13(15)16)19(17,18)8-11-5-3-10(7-14)4-6-11/h3-6,9,12H,8H2,1-2H3,(H,15,16). The first-order chi connectivity index (χ1) is 8.77. The van der Waals surface area contributed by atoms with E-state index in [1.165, 1.54) is 24.3 Å². The van der Waals surface area contributed by atoms with Crippen molar-refractivity contribution in [2.75, 3.05) is 0 Å². The molecule has 1 atom stereocenters. The fraction of sp³-hybridized carbons (Fsp3) is 0.385. The Kier molecular flexibility index (Phi) is 4.67. The number of carboxylic acids is 1. The average Bonchev–Trinajstić information content (AvgIpc) is 2.27. The predicted octanol–water partition coefficient (Wildman–Crippen LogP) is 1.58. The van der Waals surface area contributed by atoms with Gasteiger partial charge >= 0.3 is 5.97 Å². The van der Waals surface area contributed by atoms with Gasteiger partial charge in [-0.25, -0.2) is 8.42 Å². The molecule has 102 valence electrons. The lowest BCUT2D eigenvalue weighted by Gasteiger charge is -2.16. The minimum atomic E-state index is -3.78. The second kappa shape index (κ2) is 5.85. The molecule has 0 saturated heterocycles. The number of rotatable bonds is 5. The van der Waals surface area contributed by atoms with E-state index >= 15 is 0 Å². The lowest BCUT2D eigenvalue weighted by atomic mass is 10.1. The molecule has 0 radical (unpaired) electrons. The Morgan fingerprint density at radius 2 is 1.84 bits per heavy atom. The van der Waals surface area contributed by atoms with Crippen LogP contribution in [0.4, 0.5) is 0 Å². The van der Waals surface area contributed by atoms with E-state index in [0.29, 0.717) is 11.1 Å². The molecule has 0 heterocycles. The summed E-state index contributed by atoms with van der Waals surface area (Å²) in [7, 11) is -3.78. The lowest BCUT2D eigenvalue weighted by molar-refractivity contribution is -0.137. The molecule has 0 aromatic heterocycles. The first kappa shape index (κ1) is 15.2. The quantitative estimate of drug-likeness (QED) is 0.884. The van der Waals surface area contributed by atoms with Crippen LogP contribution in [0.15, 0.2) is 24.3 Å². The minimum Gasteiger partial charge on any atom is -0.480 e. The third kappa shape index (κ3) is 3.80. The van der Waals surface area contributed by atoms with E-state index < -0.39 is 27.0 Å². The Morgan fingerprint density at radius 3 is 2.21 bits per heavy atom. The van der Waals surface area contributed by atoms with Gasteiger partial charge in [-0.3, -0.25) is 4.79 Å². The van der Waals surface area contributed by atoms with Crippen LogP contribution in [-0.2, 0) is 20.4 Å². The van der Waals surface area contributed by atoms with E-state index in [4.69, 9.17) is 10.4 Å². The molecule has 19 heavy (non-hydrogen) atoms. The zero-order valence-electron chi connectivity index (χ0n) is 10.7. The van der Waals surface area contributed by atoms with Crippen molar-refractivity contribution in [3.05, 3.63) is 35.4 Å². The number of carboxylic acid groups (broad SMARTS) is 1. The maximum absolute atomic E-state index is 12.1. The van der Waals surface area contributed by atoms with Crippen molar-refractivity contribution in [1.82, 2.24) is 0 Å². The third-order valence-electron chi connectivity index (χ3n) is 2.69. The Labute approximate surface area is 112 Å². The summed E-state index contributed by atoms with van der Waals surface area (Å²) in [6.07, 6.45) is 0. The van der Waals surface area contributed by atoms with Crippen LogP contribution in [0.2, 0.25) is 0 Å². The predicted molar refractivity (Wildman–Crippen MR) is 70.0 cm³/mol. The largest absolute Gasteiger partial charge is 0.480 e. The first-order valence-electron chi connectivity index (χ1n) is 5.71. The third-order valence-corrected chi connectivity index (χ3v) is 4.94. The average molecular weight is 281 g/mol. The van der Waals surface area contributed by atoms with Gasteiger partial charge < -0.3 is 5.11 Å². The summed E-state index contributed by atoms with van der Waals surface area (Å²) in [5, 5.41) is 16.3. The van der Waals surface area contributed by atoms with Crippen molar-refractivity contribution in [3.8, 4) is 6.07 Å². The topological polar surface area (TPSA) is 95.2 Å². The zero-order chi connectivity index (χ0) is 14.6. The number of sulfone groups is 1. The highest BCUT2D eigenvalue weighted by Crippen LogP contribution is 2.18. The van der Waals surface area contributed by atoms with Gasteiger partial charge in [-0.05, 0) is 23.6 Å². The molecule has 1 aromatic rings. The van der Waals surface area contributed by atoms with Crippen LogP contribution in [0.1, 0.15) is 25.0 Å². The van der Waals surface area contributed by atoms with Crippen LogP contribution in [0, 0.1) is 17.2 Å². The van der Waals surface area contributed by atoms with Gasteiger partial charge in [0, 0.05) is 0 Å². The maximum atomic E-state index is 12.1. The SMILES string of the molecule is CC(C)C(C(=O)O)S(=O)(=O)Cc1ccc(C#N)cc1. The van der Waals surface area contributed by atoms with Crippen LogP contribution in [0.5, 0.6) is 0 Å². The fourth-order valence-corrected chi connectivity index (χ4v) is 3.82. The van der Waals surface area contributed by atoms with Gasteiger partial charge in [-0.15, -0.1) is 0 Å². The van der Waals surface area contributed by atoms with E-state index in [9.17, 15) is 13.2 Å². The first-order valence-corrected chi connectivity index (χ1v) is 7.43. The highest BCUT2D eigenvalue weighted by molar-refractivity contribution is 7.92. The molecule has 0 amide bonds. The number of aliphatic carboxylic acids is 1. The smallest absolute Gasteiger partial charge is 0.322 e. The molecule has 0 fully saturated rings. The van der Waals surface area contributed by atoms with Crippen molar-refractivity contribution in [2.24, 2.45) is 5.92 Å². The van der Waals surface area contributed by atoms with E-state index in [1.807, 2.05) is 6.07 Å². The van der Waals surface area contributed by atoms with Gasteiger partial charge in [0.15, 0.2) is 15.1 Å². The van der Waals surface area contributed by atoms with Crippen LogP contribution in [0.3, 0.4) is 0 Å². The molecule has 0 bridgehead atoms. The van der Waals surface area contributed by atoms with Gasteiger partial charge in [0.1, 0.15) is 0 Å². The summed E-state index contributed by atoms with van der Waals surface area (Å²) < 4.78 is 24.2. The van der Waals surface area contributed by atoms with Gasteiger partial charge in [0.25, 0.3) is 0 Å². The van der Waals surface area contributed by atoms with Gasteiger partial charge in [-0.1, -0.05) is 26.0 Å². The molecule has 0 spiro atoms. The van der Waals surface area contributed by atoms with E-state index in [1.54, 1.807) is 13.8 Å². The summed E-state index contributed by atoms with van der Waals surface area (Å²) in [4.78, 5) is 11.1. The molecule has 0 aliphatic carbocycles. The van der Waals surface area contributed by atoms with E-state index in [2.05, 4.69) is 0 Å². The lowest BCUT2D eigenvalue weighted by Crippen LogP contribution is -2.35. The zero-order valence-corrected chi connectivity index (χ0v) is 11.5. The summed E-state index contributed by atoms with van der Waals surface area (Å²) in [5.74, 6) is -2.17. The Balaban J connectivity index is 3.01. The van der Waals surface area contributed by atoms with Gasteiger partial charge in [0.05, 0.1) is 17.4 Å². The number of hydrogen-bond acceptors (Lipinski definition) is 4. The highest BCUT2D eigenvalue weighted by atomic mass is 32.2.